The quantitative estimate of drug-likeness (QED) is 0.827. The highest BCUT2D eigenvalue weighted by Crippen LogP contribution is 2.29. The number of hydrogen-bond acceptors (Lipinski definition) is 1. The van der Waals surface area contributed by atoms with E-state index in [0.717, 1.165) is 0 Å². The minimum atomic E-state index is -1.08. The molecule has 0 bridgehead atoms. The van der Waals surface area contributed by atoms with Crippen molar-refractivity contribution in [3.8, 4) is 0 Å². The number of hydrogen-bond donors (Lipinski definition) is 1. The van der Waals surface area contributed by atoms with Crippen molar-refractivity contribution < 1.29 is 13.2 Å². The van der Waals surface area contributed by atoms with Crippen LogP contribution in [0.4, 0.5) is 13.2 Å². The van der Waals surface area contributed by atoms with Crippen molar-refractivity contribution in [2.45, 2.75) is 18.9 Å². The Morgan fingerprint density at radius 3 is 2.50 bits per heavy atom. The molecule has 0 aliphatic heterocycles. The maximum absolute atomic E-state index is 14.0. The van der Waals surface area contributed by atoms with Gasteiger partial charge in [0.05, 0.1) is 4.47 Å². The second kappa shape index (κ2) is 5.58. The van der Waals surface area contributed by atoms with Crippen molar-refractivity contribution in [3.05, 3.63) is 69.4 Å². The van der Waals surface area contributed by atoms with Gasteiger partial charge in [-0.2, -0.15) is 0 Å². The standard InChI is InChI=1S/C15H13BrF3N/c1-15(20,9-3-2-4-10(17)7-9)8-11-13(18)6-5-12(16)14(11)19/h2-7H,8,20H2,1H3. The van der Waals surface area contributed by atoms with E-state index in [4.69, 9.17) is 5.73 Å². The molecule has 2 rings (SSSR count). The van der Waals surface area contributed by atoms with E-state index in [2.05, 4.69) is 15.9 Å². The van der Waals surface area contributed by atoms with Gasteiger partial charge < -0.3 is 5.73 Å². The summed E-state index contributed by atoms with van der Waals surface area (Å²) in [6.07, 6.45) is -0.0758. The largest absolute Gasteiger partial charge is 0.321 e. The molecular weight excluding hydrogens is 331 g/mol. The average molecular weight is 344 g/mol. The molecule has 20 heavy (non-hydrogen) atoms. The van der Waals surface area contributed by atoms with Gasteiger partial charge in [-0.25, -0.2) is 13.2 Å². The Kier molecular flexibility index (Phi) is 4.20. The molecule has 0 saturated carbocycles. The van der Waals surface area contributed by atoms with E-state index in [1.807, 2.05) is 0 Å². The number of halogens is 4. The van der Waals surface area contributed by atoms with Gasteiger partial charge in [-0.1, -0.05) is 12.1 Å². The Morgan fingerprint density at radius 1 is 1.15 bits per heavy atom. The highest BCUT2D eigenvalue weighted by atomic mass is 79.9. The topological polar surface area (TPSA) is 26.0 Å². The number of benzene rings is 2. The van der Waals surface area contributed by atoms with Crippen LogP contribution >= 0.6 is 15.9 Å². The van der Waals surface area contributed by atoms with Crippen LogP contribution in [0.25, 0.3) is 0 Å². The van der Waals surface area contributed by atoms with Crippen molar-refractivity contribution in [1.29, 1.82) is 0 Å². The third kappa shape index (κ3) is 3.04. The van der Waals surface area contributed by atoms with Crippen molar-refractivity contribution in [2.75, 3.05) is 0 Å². The smallest absolute Gasteiger partial charge is 0.143 e. The molecular formula is C15H13BrF3N. The Morgan fingerprint density at radius 2 is 1.85 bits per heavy atom. The van der Waals surface area contributed by atoms with Gasteiger partial charge in [0.25, 0.3) is 0 Å². The van der Waals surface area contributed by atoms with E-state index in [0.29, 0.717) is 5.56 Å². The minimum absolute atomic E-state index is 0.0758. The van der Waals surface area contributed by atoms with Crippen molar-refractivity contribution in [3.63, 3.8) is 0 Å². The molecule has 1 unspecified atom stereocenters. The maximum Gasteiger partial charge on any atom is 0.143 e. The predicted molar refractivity (Wildman–Crippen MR) is 75.7 cm³/mol. The SMILES string of the molecule is CC(N)(Cc1c(F)ccc(Br)c1F)c1cccc(F)c1. The van der Waals surface area contributed by atoms with E-state index in [-0.39, 0.29) is 16.5 Å². The van der Waals surface area contributed by atoms with Gasteiger partial charge in [-0.05, 0) is 52.7 Å². The molecule has 0 aromatic heterocycles. The van der Waals surface area contributed by atoms with E-state index in [1.54, 1.807) is 13.0 Å². The Balaban J connectivity index is 2.40. The molecule has 2 N–H and O–H groups in total. The molecule has 0 heterocycles. The van der Waals surface area contributed by atoms with Crippen LogP contribution in [-0.2, 0) is 12.0 Å². The monoisotopic (exact) mass is 343 g/mol. The molecule has 5 heteroatoms. The third-order valence-corrected chi connectivity index (χ3v) is 3.78. The van der Waals surface area contributed by atoms with E-state index in [1.165, 1.54) is 30.3 Å². The lowest BCUT2D eigenvalue weighted by Crippen LogP contribution is -2.36. The average Bonchev–Trinajstić information content (AvgIpc) is 2.39. The lowest BCUT2D eigenvalue weighted by atomic mass is 9.86. The first kappa shape index (κ1) is 15.1. The summed E-state index contributed by atoms with van der Waals surface area (Å²) in [5.41, 5.74) is 5.40. The second-order valence-corrected chi connectivity index (χ2v) is 5.78. The van der Waals surface area contributed by atoms with Crippen molar-refractivity contribution in [2.24, 2.45) is 5.73 Å². The fraction of sp³-hybridized carbons (Fsp3) is 0.200. The van der Waals surface area contributed by atoms with Crippen LogP contribution in [0.2, 0.25) is 0 Å². The first-order chi connectivity index (χ1) is 9.31. The van der Waals surface area contributed by atoms with Gasteiger partial charge >= 0.3 is 0 Å². The summed E-state index contributed by atoms with van der Waals surface area (Å²) >= 11 is 3.01. The molecule has 0 saturated heterocycles. The summed E-state index contributed by atoms with van der Waals surface area (Å²) < 4.78 is 41.2. The molecule has 0 aliphatic carbocycles. The fourth-order valence-corrected chi connectivity index (χ4v) is 2.42. The zero-order chi connectivity index (χ0) is 14.9. The Labute approximate surface area is 123 Å². The minimum Gasteiger partial charge on any atom is -0.321 e. The molecule has 0 fully saturated rings. The summed E-state index contributed by atoms with van der Waals surface area (Å²) in [5.74, 6) is -1.79. The second-order valence-electron chi connectivity index (χ2n) is 4.93. The van der Waals surface area contributed by atoms with Crippen molar-refractivity contribution >= 4 is 15.9 Å². The van der Waals surface area contributed by atoms with Gasteiger partial charge in [-0.3, -0.25) is 0 Å². The predicted octanol–water partition coefficient (Wildman–Crippen LogP) is 4.28. The van der Waals surface area contributed by atoms with E-state index in [9.17, 15) is 13.2 Å². The van der Waals surface area contributed by atoms with E-state index < -0.39 is 23.0 Å². The first-order valence-electron chi connectivity index (χ1n) is 5.98. The molecule has 1 nitrogen and oxygen atoms in total. The van der Waals surface area contributed by atoms with Crippen molar-refractivity contribution in [1.82, 2.24) is 0 Å². The first-order valence-corrected chi connectivity index (χ1v) is 6.78. The molecule has 0 radical (unpaired) electrons. The highest BCUT2D eigenvalue weighted by Gasteiger charge is 2.26. The van der Waals surface area contributed by atoms with Crippen LogP contribution in [0.1, 0.15) is 18.1 Å². The molecule has 0 spiro atoms. The van der Waals surface area contributed by atoms with Crippen LogP contribution in [0.3, 0.4) is 0 Å². The summed E-state index contributed by atoms with van der Waals surface area (Å²) in [6, 6.07) is 8.18. The van der Waals surface area contributed by atoms with Gasteiger partial charge in [0.1, 0.15) is 17.5 Å². The molecule has 2 aromatic rings. The fourth-order valence-electron chi connectivity index (χ4n) is 2.04. The van der Waals surface area contributed by atoms with Gasteiger partial charge in [0, 0.05) is 17.5 Å². The molecule has 106 valence electrons. The highest BCUT2D eigenvalue weighted by molar-refractivity contribution is 9.10. The zero-order valence-electron chi connectivity index (χ0n) is 10.8. The third-order valence-electron chi connectivity index (χ3n) is 3.17. The molecule has 0 amide bonds. The van der Waals surface area contributed by atoms with Crippen LogP contribution in [-0.4, -0.2) is 0 Å². The lowest BCUT2D eigenvalue weighted by Gasteiger charge is -2.26. The van der Waals surface area contributed by atoms with E-state index >= 15 is 0 Å². The summed E-state index contributed by atoms with van der Waals surface area (Å²) in [4.78, 5) is 0. The van der Waals surface area contributed by atoms with Gasteiger partial charge in [-0.15, -0.1) is 0 Å². The van der Waals surface area contributed by atoms with Crippen LogP contribution < -0.4 is 5.73 Å². The van der Waals surface area contributed by atoms with Gasteiger partial charge in [0.15, 0.2) is 0 Å². The number of nitrogens with two attached hydrogens (primary N) is 1. The van der Waals surface area contributed by atoms with Crippen LogP contribution in [0, 0.1) is 17.5 Å². The van der Waals surface area contributed by atoms with Gasteiger partial charge in [0.2, 0.25) is 0 Å². The maximum atomic E-state index is 14.0. The normalized spacial score (nSPS) is 14.1. The summed E-state index contributed by atoms with van der Waals surface area (Å²) in [7, 11) is 0. The Hall–Kier alpha value is -1.33. The molecule has 0 aliphatic rings. The Bertz CT molecular complexity index is 641. The summed E-state index contributed by atoms with van der Waals surface area (Å²) in [5, 5.41) is 0. The summed E-state index contributed by atoms with van der Waals surface area (Å²) in [6.45, 7) is 1.61. The van der Waals surface area contributed by atoms with Crippen LogP contribution in [0.15, 0.2) is 40.9 Å². The number of rotatable bonds is 3. The molecule has 2 aromatic carbocycles. The molecule has 1 atom stereocenters. The zero-order valence-corrected chi connectivity index (χ0v) is 12.3. The van der Waals surface area contributed by atoms with Crippen LogP contribution in [0.5, 0.6) is 0 Å². The lowest BCUT2D eigenvalue weighted by molar-refractivity contribution is 0.451.